The van der Waals surface area contributed by atoms with E-state index in [0.717, 1.165) is 16.8 Å². The van der Waals surface area contributed by atoms with Gasteiger partial charge in [0.15, 0.2) is 0 Å². The molecule has 4 rings (SSSR count). The molecule has 2 aromatic heterocycles. The van der Waals surface area contributed by atoms with Gasteiger partial charge in [0.1, 0.15) is 11.4 Å². The highest BCUT2D eigenvalue weighted by Gasteiger charge is 2.41. The maximum absolute atomic E-state index is 13.2. The first-order chi connectivity index (χ1) is 11.0. The minimum absolute atomic E-state index is 0.0175. The number of aromatic nitrogens is 1. The van der Waals surface area contributed by atoms with E-state index in [-0.39, 0.29) is 37.8 Å². The van der Waals surface area contributed by atoms with Gasteiger partial charge in [0.05, 0.1) is 17.6 Å². The summed E-state index contributed by atoms with van der Waals surface area (Å²) in [5.41, 5.74) is 0.767. The zero-order valence-corrected chi connectivity index (χ0v) is 12.5. The van der Waals surface area contributed by atoms with E-state index in [1.165, 1.54) is 0 Å². The van der Waals surface area contributed by atoms with Crippen LogP contribution in [0, 0.1) is 5.92 Å². The zero-order chi connectivity index (χ0) is 16.0. The summed E-state index contributed by atoms with van der Waals surface area (Å²) in [6.45, 7) is 1.45. The number of likely N-dealkylation sites (tertiary alicyclic amines) is 1. The van der Waals surface area contributed by atoms with Crippen molar-refractivity contribution < 1.29 is 18.0 Å². The van der Waals surface area contributed by atoms with Crippen molar-refractivity contribution in [1.29, 1.82) is 0 Å². The molecule has 5 nitrogen and oxygen atoms in total. The molecular formula is C16H17F2N3O2. The number of hydrogen-bond donors (Lipinski definition) is 0. The lowest BCUT2D eigenvalue weighted by Crippen LogP contribution is -2.56. The van der Waals surface area contributed by atoms with E-state index in [9.17, 15) is 13.6 Å². The predicted molar refractivity (Wildman–Crippen MR) is 80.5 cm³/mol. The smallest absolute Gasteiger partial charge is 0.251 e. The van der Waals surface area contributed by atoms with Crippen LogP contribution >= 0.6 is 0 Å². The number of alkyl halides is 2. The van der Waals surface area contributed by atoms with Crippen LogP contribution < -0.4 is 4.90 Å². The van der Waals surface area contributed by atoms with Gasteiger partial charge in [0, 0.05) is 45.2 Å². The Morgan fingerprint density at radius 1 is 1.26 bits per heavy atom. The number of furan rings is 1. The van der Waals surface area contributed by atoms with Crippen LogP contribution in [-0.2, 0) is 4.79 Å². The normalized spacial score (nSPS) is 21.5. The van der Waals surface area contributed by atoms with Gasteiger partial charge >= 0.3 is 0 Å². The van der Waals surface area contributed by atoms with Crippen LogP contribution in [0.4, 0.5) is 14.6 Å². The fourth-order valence-corrected chi connectivity index (χ4v) is 3.25. The number of carbonyl (C=O) groups is 1. The van der Waals surface area contributed by atoms with Crippen LogP contribution in [0.25, 0.3) is 11.0 Å². The molecule has 4 heterocycles. The number of nitrogens with zero attached hydrogens (tertiary/aromatic N) is 3. The third kappa shape index (κ3) is 2.54. The monoisotopic (exact) mass is 321 g/mol. The third-order valence-corrected chi connectivity index (χ3v) is 4.70. The van der Waals surface area contributed by atoms with Gasteiger partial charge in [-0.2, -0.15) is 0 Å². The van der Waals surface area contributed by atoms with Crippen LogP contribution in [0.2, 0.25) is 0 Å². The highest BCUT2D eigenvalue weighted by Crippen LogP contribution is 2.33. The largest absolute Gasteiger partial charge is 0.464 e. The van der Waals surface area contributed by atoms with Crippen molar-refractivity contribution in [2.45, 2.75) is 18.8 Å². The standard InChI is InChI=1S/C16H17F2N3O2/c17-16(18)3-6-20(7-4-16)15(22)11-9-21(10-11)14-12-2-8-23-13(12)1-5-19-14/h1-2,5,8,11H,3-4,6-7,9-10H2. The molecule has 2 aliphatic heterocycles. The van der Waals surface area contributed by atoms with Gasteiger partial charge < -0.3 is 14.2 Å². The molecule has 122 valence electrons. The molecule has 0 unspecified atom stereocenters. The van der Waals surface area contributed by atoms with Gasteiger partial charge in [0.2, 0.25) is 5.91 Å². The Bertz CT molecular complexity index is 730. The molecule has 1 amide bonds. The van der Waals surface area contributed by atoms with Crippen LogP contribution in [-0.4, -0.2) is 47.9 Å². The molecule has 0 aromatic carbocycles. The van der Waals surface area contributed by atoms with Gasteiger partial charge in [-0.1, -0.05) is 0 Å². The molecular weight excluding hydrogens is 304 g/mol. The highest BCUT2D eigenvalue weighted by molar-refractivity contribution is 5.90. The molecule has 7 heteroatoms. The summed E-state index contributed by atoms with van der Waals surface area (Å²) in [5.74, 6) is -1.96. The first kappa shape index (κ1) is 14.4. The molecule has 0 aliphatic carbocycles. The molecule has 0 N–H and O–H groups in total. The Morgan fingerprint density at radius 2 is 2.00 bits per heavy atom. The molecule has 0 bridgehead atoms. The summed E-state index contributed by atoms with van der Waals surface area (Å²) in [5, 5.41) is 0.927. The van der Waals surface area contributed by atoms with E-state index < -0.39 is 5.92 Å². The summed E-state index contributed by atoms with van der Waals surface area (Å²) in [6.07, 6.45) is 2.84. The molecule has 2 aromatic rings. The van der Waals surface area contributed by atoms with Gasteiger partial charge in [-0.05, 0) is 12.1 Å². The topological polar surface area (TPSA) is 49.6 Å². The van der Waals surface area contributed by atoms with E-state index in [4.69, 9.17) is 4.42 Å². The molecule has 2 saturated heterocycles. The summed E-state index contributed by atoms with van der Waals surface area (Å²) in [6, 6.07) is 3.66. The second-order valence-corrected chi connectivity index (χ2v) is 6.25. The molecule has 0 radical (unpaired) electrons. The lowest BCUT2D eigenvalue weighted by molar-refractivity contribution is -0.142. The molecule has 0 atom stereocenters. The first-order valence-corrected chi connectivity index (χ1v) is 7.77. The van der Waals surface area contributed by atoms with Crippen molar-refractivity contribution in [2.75, 3.05) is 31.1 Å². The highest BCUT2D eigenvalue weighted by atomic mass is 19.3. The van der Waals surface area contributed by atoms with Crippen molar-refractivity contribution >= 4 is 22.7 Å². The third-order valence-electron chi connectivity index (χ3n) is 4.70. The molecule has 2 aliphatic rings. The number of carbonyl (C=O) groups excluding carboxylic acids is 1. The number of piperidine rings is 1. The van der Waals surface area contributed by atoms with Crippen LogP contribution in [0.1, 0.15) is 12.8 Å². The predicted octanol–water partition coefficient (Wildman–Crippen LogP) is 2.52. The fourth-order valence-electron chi connectivity index (χ4n) is 3.25. The van der Waals surface area contributed by atoms with Crippen LogP contribution in [0.15, 0.2) is 29.0 Å². The van der Waals surface area contributed by atoms with Crippen molar-refractivity contribution in [2.24, 2.45) is 5.92 Å². The Kier molecular flexibility index (Phi) is 3.25. The zero-order valence-electron chi connectivity index (χ0n) is 12.5. The number of amides is 1. The maximum atomic E-state index is 13.2. The van der Waals surface area contributed by atoms with E-state index in [2.05, 4.69) is 4.98 Å². The van der Waals surface area contributed by atoms with Gasteiger partial charge in [0.25, 0.3) is 5.92 Å². The fraction of sp³-hybridized carbons (Fsp3) is 0.500. The minimum Gasteiger partial charge on any atom is -0.464 e. The van der Waals surface area contributed by atoms with Crippen molar-refractivity contribution in [3.05, 3.63) is 24.6 Å². The molecule has 2 fully saturated rings. The average Bonchev–Trinajstić information content (AvgIpc) is 2.94. The minimum atomic E-state index is -2.62. The summed E-state index contributed by atoms with van der Waals surface area (Å²) >= 11 is 0. The quantitative estimate of drug-likeness (QED) is 0.853. The van der Waals surface area contributed by atoms with Gasteiger partial charge in [-0.15, -0.1) is 0 Å². The van der Waals surface area contributed by atoms with Crippen molar-refractivity contribution in [3.63, 3.8) is 0 Å². The summed E-state index contributed by atoms with van der Waals surface area (Å²) in [4.78, 5) is 20.4. The lowest BCUT2D eigenvalue weighted by Gasteiger charge is -2.42. The van der Waals surface area contributed by atoms with Crippen LogP contribution in [0.5, 0.6) is 0 Å². The van der Waals surface area contributed by atoms with Crippen LogP contribution in [0.3, 0.4) is 0 Å². The van der Waals surface area contributed by atoms with E-state index >= 15 is 0 Å². The Hall–Kier alpha value is -2.18. The SMILES string of the molecule is O=C(C1CN(c2nccc3occc23)C1)N1CCC(F)(F)CC1. The van der Waals surface area contributed by atoms with E-state index in [0.29, 0.717) is 13.1 Å². The number of hydrogen-bond acceptors (Lipinski definition) is 4. The second kappa shape index (κ2) is 5.18. The van der Waals surface area contributed by atoms with E-state index in [1.54, 1.807) is 23.4 Å². The molecule has 0 spiro atoms. The molecule has 0 saturated carbocycles. The van der Waals surface area contributed by atoms with Gasteiger partial charge in [-0.25, -0.2) is 13.8 Å². The van der Waals surface area contributed by atoms with Crippen molar-refractivity contribution in [1.82, 2.24) is 9.88 Å². The van der Waals surface area contributed by atoms with E-state index in [1.807, 2.05) is 11.0 Å². The van der Waals surface area contributed by atoms with Crippen molar-refractivity contribution in [3.8, 4) is 0 Å². The average molecular weight is 321 g/mol. The maximum Gasteiger partial charge on any atom is 0.251 e. The Morgan fingerprint density at radius 3 is 2.74 bits per heavy atom. The summed E-state index contributed by atoms with van der Waals surface area (Å²) in [7, 11) is 0. The number of pyridine rings is 1. The second-order valence-electron chi connectivity index (χ2n) is 6.25. The number of fused-ring (bicyclic) bond motifs is 1. The Balaban J connectivity index is 1.40. The Labute approximate surface area is 131 Å². The summed E-state index contributed by atoms with van der Waals surface area (Å²) < 4.78 is 31.7. The number of halogens is 2. The van der Waals surface area contributed by atoms with Gasteiger partial charge in [-0.3, -0.25) is 4.79 Å². The lowest BCUT2D eigenvalue weighted by atomic mass is 9.96. The molecule has 23 heavy (non-hydrogen) atoms. The first-order valence-electron chi connectivity index (χ1n) is 7.77. The number of rotatable bonds is 2. The number of anilines is 1.